The standard InChI is InChI=1S/C17H14ClN3O3S2/c1-9-20-12(8-25-9)13-3-2-10(23-13)7-19-17(22)14-6-11(21-24-14)15-4-5-16(18)26-15/h2-5,8,14H,6-7H2,1H3,(H,19,22)/t14-/m1/s1. The second kappa shape index (κ2) is 7.22. The monoisotopic (exact) mass is 407 g/mol. The van der Waals surface area contributed by atoms with Crippen molar-refractivity contribution < 1.29 is 14.0 Å². The van der Waals surface area contributed by atoms with Crippen molar-refractivity contribution in [2.24, 2.45) is 5.16 Å². The van der Waals surface area contributed by atoms with E-state index in [0.717, 1.165) is 21.3 Å². The maximum Gasteiger partial charge on any atom is 0.264 e. The molecule has 1 N–H and O–H groups in total. The summed E-state index contributed by atoms with van der Waals surface area (Å²) in [5.74, 6) is 1.12. The number of thiophene rings is 1. The molecular formula is C17H14ClN3O3S2. The van der Waals surface area contributed by atoms with Crippen LogP contribution in [0.1, 0.15) is 22.1 Å². The van der Waals surface area contributed by atoms with Crippen molar-refractivity contribution in [3.05, 3.63) is 49.6 Å². The summed E-state index contributed by atoms with van der Waals surface area (Å²) in [4.78, 5) is 22.9. The molecule has 1 aliphatic rings. The largest absolute Gasteiger partial charge is 0.458 e. The average Bonchev–Trinajstić information content (AvgIpc) is 3.39. The van der Waals surface area contributed by atoms with Gasteiger partial charge in [0, 0.05) is 11.8 Å². The molecule has 4 heterocycles. The third-order valence-electron chi connectivity index (χ3n) is 3.79. The maximum atomic E-state index is 12.3. The van der Waals surface area contributed by atoms with Gasteiger partial charge in [0.05, 0.1) is 20.8 Å². The molecule has 1 aliphatic heterocycles. The topological polar surface area (TPSA) is 76.7 Å². The number of halogens is 1. The van der Waals surface area contributed by atoms with Gasteiger partial charge < -0.3 is 14.6 Å². The van der Waals surface area contributed by atoms with Gasteiger partial charge in [-0.3, -0.25) is 4.79 Å². The number of furan rings is 1. The van der Waals surface area contributed by atoms with Crippen molar-refractivity contribution in [2.75, 3.05) is 0 Å². The van der Waals surface area contributed by atoms with Crippen LogP contribution in [0.25, 0.3) is 11.5 Å². The van der Waals surface area contributed by atoms with E-state index < -0.39 is 6.10 Å². The lowest BCUT2D eigenvalue weighted by Gasteiger charge is -2.08. The maximum absolute atomic E-state index is 12.3. The first-order valence-corrected chi connectivity index (χ1v) is 9.93. The minimum atomic E-state index is -0.638. The number of nitrogens with zero attached hydrogens (tertiary/aromatic N) is 2. The Balaban J connectivity index is 1.32. The number of carbonyl (C=O) groups is 1. The molecule has 26 heavy (non-hydrogen) atoms. The summed E-state index contributed by atoms with van der Waals surface area (Å²) in [6.45, 7) is 2.22. The van der Waals surface area contributed by atoms with Gasteiger partial charge in [0.15, 0.2) is 5.76 Å². The molecular weight excluding hydrogens is 394 g/mol. The Hall–Kier alpha value is -2.16. The van der Waals surface area contributed by atoms with E-state index in [9.17, 15) is 4.79 Å². The fourth-order valence-corrected chi connectivity index (χ4v) is 4.14. The summed E-state index contributed by atoms with van der Waals surface area (Å²) >= 11 is 8.91. The third-order valence-corrected chi connectivity index (χ3v) is 5.84. The number of hydrogen-bond donors (Lipinski definition) is 1. The fraction of sp³-hybridized carbons (Fsp3) is 0.235. The molecule has 0 radical (unpaired) electrons. The number of aryl methyl sites for hydroxylation is 1. The molecule has 0 saturated carbocycles. The van der Waals surface area contributed by atoms with Crippen molar-refractivity contribution in [1.29, 1.82) is 0 Å². The van der Waals surface area contributed by atoms with E-state index in [1.807, 2.05) is 30.5 Å². The molecule has 3 aromatic heterocycles. The van der Waals surface area contributed by atoms with Gasteiger partial charge in [0.2, 0.25) is 6.10 Å². The van der Waals surface area contributed by atoms with Crippen LogP contribution in [0.15, 0.2) is 39.2 Å². The normalized spacial score (nSPS) is 16.4. The second-order valence-electron chi connectivity index (χ2n) is 5.68. The summed E-state index contributed by atoms with van der Waals surface area (Å²) in [7, 11) is 0. The molecule has 3 aromatic rings. The lowest BCUT2D eigenvalue weighted by molar-refractivity contribution is -0.131. The zero-order valence-electron chi connectivity index (χ0n) is 13.7. The van der Waals surface area contributed by atoms with Crippen LogP contribution in [-0.4, -0.2) is 22.7 Å². The number of aromatic nitrogens is 1. The summed E-state index contributed by atoms with van der Waals surface area (Å²) in [6, 6.07) is 7.36. The number of carbonyl (C=O) groups excluding carboxylic acids is 1. The van der Waals surface area contributed by atoms with E-state index in [1.54, 1.807) is 17.4 Å². The zero-order valence-corrected chi connectivity index (χ0v) is 16.1. The van der Waals surface area contributed by atoms with E-state index in [1.165, 1.54) is 11.3 Å². The Labute approximate surface area is 162 Å². The fourth-order valence-electron chi connectivity index (χ4n) is 2.51. The Bertz CT molecular complexity index is 975. The van der Waals surface area contributed by atoms with Gasteiger partial charge in [0.1, 0.15) is 17.2 Å². The molecule has 0 fully saturated rings. The van der Waals surface area contributed by atoms with Crippen LogP contribution in [-0.2, 0) is 16.2 Å². The quantitative estimate of drug-likeness (QED) is 0.686. The van der Waals surface area contributed by atoms with E-state index in [0.29, 0.717) is 22.3 Å². The Kier molecular flexibility index (Phi) is 4.80. The number of thiazole rings is 1. The van der Waals surface area contributed by atoms with Crippen molar-refractivity contribution in [3.8, 4) is 11.5 Å². The van der Waals surface area contributed by atoms with Crippen LogP contribution in [0.3, 0.4) is 0 Å². The van der Waals surface area contributed by atoms with Gasteiger partial charge in [-0.05, 0) is 31.2 Å². The second-order valence-corrected chi connectivity index (χ2v) is 8.45. The van der Waals surface area contributed by atoms with Gasteiger partial charge >= 0.3 is 0 Å². The van der Waals surface area contributed by atoms with Crippen molar-refractivity contribution in [3.63, 3.8) is 0 Å². The number of amides is 1. The highest BCUT2D eigenvalue weighted by Crippen LogP contribution is 2.27. The number of hydrogen-bond acceptors (Lipinski definition) is 7. The van der Waals surface area contributed by atoms with Gasteiger partial charge in [-0.1, -0.05) is 16.8 Å². The molecule has 0 aliphatic carbocycles. The first kappa shape index (κ1) is 17.3. The van der Waals surface area contributed by atoms with Crippen LogP contribution in [0.2, 0.25) is 4.34 Å². The molecule has 0 unspecified atom stereocenters. The number of nitrogens with one attached hydrogen (secondary N) is 1. The predicted octanol–water partition coefficient (Wildman–Crippen LogP) is 4.24. The van der Waals surface area contributed by atoms with Crippen LogP contribution >= 0.6 is 34.3 Å². The highest BCUT2D eigenvalue weighted by molar-refractivity contribution is 7.18. The minimum absolute atomic E-state index is 0.228. The van der Waals surface area contributed by atoms with Crippen LogP contribution in [0.4, 0.5) is 0 Å². The summed E-state index contributed by atoms with van der Waals surface area (Å²) in [5, 5.41) is 9.74. The number of rotatable bonds is 5. The van der Waals surface area contributed by atoms with E-state index >= 15 is 0 Å². The van der Waals surface area contributed by atoms with Crippen molar-refractivity contribution in [1.82, 2.24) is 10.3 Å². The smallest absolute Gasteiger partial charge is 0.264 e. The number of oxime groups is 1. The van der Waals surface area contributed by atoms with E-state index in [-0.39, 0.29) is 12.5 Å². The molecule has 134 valence electrons. The highest BCUT2D eigenvalue weighted by atomic mass is 35.5. The van der Waals surface area contributed by atoms with Crippen LogP contribution < -0.4 is 5.32 Å². The average molecular weight is 408 g/mol. The molecule has 0 aromatic carbocycles. The summed E-state index contributed by atoms with van der Waals surface area (Å²) < 4.78 is 6.42. The molecule has 9 heteroatoms. The molecule has 0 saturated heterocycles. The summed E-state index contributed by atoms with van der Waals surface area (Å²) in [5.41, 5.74) is 1.54. The van der Waals surface area contributed by atoms with Gasteiger partial charge in [0.25, 0.3) is 5.91 Å². The Morgan fingerprint density at radius 3 is 3.00 bits per heavy atom. The van der Waals surface area contributed by atoms with E-state index in [2.05, 4.69) is 15.5 Å². The molecule has 0 spiro atoms. The first-order chi connectivity index (χ1) is 12.6. The molecule has 6 nitrogen and oxygen atoms in total. The predicted molar refractivity (Wildman–Crippen MR) is 102 cm³/mol. The van der Waals surface area contributed by atoms with Crippen molar-refractivity contribution in [2.45, 2.75) is 26.0 Å². The molecule has 0 bridgehead atoms. The van der Waals surface area contributed by atoms with E-state index in [4.69, 9.17) is 20.9 Å². The molecule has 4 rings (SSSR count). The minimum Gasteiger partial charge on any atom is -0.458 e. The van der Waals surface area contributed by atoms with Crippen LogP contribution in [0, 0.1) is 6.92 Å². The third kappa shape index (κ3) is 3.67. The lowest BCUT2D eigenvalue weighted by atomic mass is 10.1. The lowest BCUT2D eigenvalue weighted by Crippen LogP contribution is -2.34. The SMILES string of the molecule is Cc1nc(-c2ccc(CNC(=O)[C@H]3CC(c4ccc(Cl)s4)=NO3)o2)cs1. The molecule has 1 amide bonds. The van der Waals surface area contributed by atoms with Crippen LogP contribution in [0.5, 0.6) is 0 Å². The summed E-state index contributed by atoms with van der Waals surface area (Å²) in [6.07, 6.45) is -0.217. The highest BCUT2D eigenvalue weighted by Gasteiger charge is 2.29. The first-order valence-electron chi connectivity index (χ1n) is 7.86. The van der Waals surface area contributed by atoms with Gasteiger partial charge in [-0.25, -0.2) is 4.98 Å². The Morgan fingerprint density at radius 1 is 1.38 bits per heavy atom. The van der Waals surface area contributed by atoms with Crippen molar-refractivity contribution >= 4 is 45.9 Å². The molecule has 1 atom stereocenters. The van der Waals surface area contributed by atoms with Gasteiger partial charge in [-0.2, -0.15) is 0 Å². The van der Waals surface area contributed by atoms with Gasteiger partial charge in [-0.15, -0.1) is 22.7 Å². The Morgan fingerprint density at radius 2 is 2.27 bits per heavy atom. The zero-order chi connectivity index (χ0) is 18.1.